The van der Waals surface area contributed by atoms with E-state index in [2.05, 4.69) is 32.7 Å². The number of phenols is 2. The number of carboxylic acids is 2. The fourth-order valence-corrected chi connectivity index (χ4v) is 3.63. The molecule has 0 unspecified atom stereocenters. The fourth-order valence-electron chi connectivity index (χ4n) is 3.63. The van der Waals surface area contributed by atoms with Crippen LogP contribution in [0.3, 0.4) is 0 Å². The molecule has 0 bridgehead atoms. The van der Waals surface area contributed by atoms with Crippen LogP contribution in [0.4, 0.5) is 37.7 Å². The van der Waals surface area contributed by atoms with Gasteiger partial charge >= 0.3 is 12.4 Å². The molecule has 0 aliphatic heterocycles. The van der Waals surface area contributed by atoms with E-state index in [4.69, 9.17) is 19.8 Å². The molecule has 16 nitrogen and oxygen atoms in total. The Morgan fingerprint density at radius 3 is 1.15 bits per heavy atom. The maximum atomic E-state index is 13.4. The molecule has 0 fully saturated rings. The molecule has 0 saturated heterocycles. The molecule has 1 aliphatic rings. The molecule has 0 heterocycles. The van der Waals surface area contributed by atoms with Crippen LogP contribution in [0.25, 0.3) is 0 Å². The maximum Gasteiger partial charge on any atom is 0.430 e. The van der Waals surface area contributed by atoms with E-state index >= 15 is 0 Å². The van der Waals surface area contributed by atoms with Crippen LogP contribution in [0.2, 0.25) is 0 Å². The van der Waals surface area contributed by atoms with Gasteiger partial charge in [-0.1, -0.05) is 0 Å². The van der Waals surface area contributed by atoms with E-state index in [-0.39, 0.29) is 73.3 Å². The van der Waals surface area contributed by atoms with Crippen LogP contribution in [-0.4, -0.2) is 97.2 Å². The Bertz CT molecular complexity index is 1440. The van der Waals surface area contributed by atoms with Gasteiger partial charge in [-0.2, -0.15) is 26.3 Å². The Balaban J connectivity index is 0.000000687. The van der Waals surface area contributed by atoms with E-state index in [9.17, 15) is 55.7 Å². The predicted octanol–water partition coefficient (Wildman–Crippen LogP) is -3.99. The van der Waals surface area contributed by atoms with Gasteiger partial charge in [0.25, 0.3) is 11.8 Å². The number of aliphatic carboxylic acids is 2. The van der Waals surface area contributed by atoms with Gasteiger partial charge in [0.15, 0.2) is 13.1 Å². The maximum absolute atomic E-state index is 13.4. The van der Waals surface area contributed by atoms with Crippen LogP contribution >= 0.6 is 0 Å². The number of aromatic hydroxyl groups is 2. The third-order valence-corrected chi connectivity index (χ3v) is 5.72. The number of halogens is 6. The molecule has 12 N–H and O–H groups in total. The molecular weight excluding hydrogens is 670 g/mol. The normalized spacial score (nSPS) is 11.8. The molecule has 0 saturated carbocycles. The highest BCUT2D eigenvalue weighted by molar-refractivity contribution is 6.33. The molecule has 1 aliphatic carbocycles. The van der Waals surface area contributed by atoms with Crippen molar-refractivity contribution in [1.82, 2.24) is 10.6 Å². The number of quaternary nitrogens is 2. The quantitative estimate of drug-likeness (QED) is 0.0571. The largest absolute Gasteiger partial charge is 0.542 e. The van der Waals surface area contributed by atoms with Crippen LogP contribution in [-0.2, 0) is 19.2 Å². The fraction of sp³-hybridized carbons (Fsp3) is 0.308. The number of alkyl halides is 6. The summed E-state index contributed by atoms with van der Waals surface area (Å²) in [6.07, 6.45) is -10.4. The number of carbonyl (C=O) groups is 6. The van der Waals surface area contributed by atoms with Crippen molar-refractivity contribution in [2.45, 2.75) is 12.4 Å². The standard InChI is InChI=1S/C22H26N6O6.2C2HF3O2/c23-9-15(31)27-7-5-25-11-1-2-12(26-6-8-28-16(32)10-24)18-17(11)21(33)19-13(29)3-4-14(30)20(19)22(18)34;2*3-2(4,5)1(6)7/h1-4,25-26,29-30H,5-10,23-24H2,(H,27,31)(H,28,32);2*(H,6,7). The third kappa shape index (κ3) is 11.3. The van der Waals surface area contributed by atoms with Crippen molar-refractivity contribution in [1.29, 1.82) is 0 Å². The van der Waals surface area contributed by atoms with Gasteiger partial charge in [0.05, 0.1) is 22.3 Å². The van der Waals surface area contributed by atoms with Gasteiger partial charge in [0.1, 0.15) is 23.4 Å². The number of carbonyl (C=O) groups excluding carboxylic acids is 6. The Morgan fingerprint density at radius 2 is 0.896 bits per heavy atom. The lowest BCUT2D eigenvalue weighted by molar-refractivity contribution is -0.355. The van der Waals surface area contributed by atoms with Crippen LogP contribution in [0.1, 0.15) is 31.8 Å². The number of benzene rings is 2. The molecule has 22 heteroatoms. The van der Waals surface area contributed by atoms with Crippen molar-refractivity contribution >= 4 is 46.7 Å². The van der Waals surface area contributed by atoms with Gasteiger partial charge in [-0.05, 0) is 24.3 Å². The third-order valence-electron chi connectivity index (χ3n) is 5.72. The molecule has 0 spiro atoms. The minimum absolute atomic E-state index is 0.0358. The zero-order chi connectivity index (χ0) is 37.0. The average Bonchev–Trinajstić information content (AvgIpc) is 3.00. The monoisotopic (exact) mass is 698 g/mol. The van der Waals surface area contributed by atoms with Crippen LogP contribution in [0, 0.1) is 0 Å². The number of ketones is 2. The van der Waals surface area contributed by atoms with Gasteiger partial charge < -0.3 is 62.7 Å². The number of rotatable bonds is 10. The minimum atomic E-state index is -5.19. The van der Waals surface area contributed by atoms with Crippen molar-refractivity contribution in [3.63, 3.8) is 0 Å². The molecule has 0 aromatic heterocycles. The second-order valence-electron chi connectivity index (χ2n) is 9.05. The summed E-state index contributed by atoms with van der Waals surface area (Å²) in [6, 6.07) is 5.52. The molecule has 2 aromatic carbocycles. The summed E-state index contributed by atoms with van der Waals surface area (Å²) in [4.78, 5) is 67.2. The topological polar surface area (TPSA) is 292 Å². The summed E-state index contributed by atoms with van der Waals surface area (Å²) in [5.41, 5.74) is 7.19. The first-order valence-corrected chi connectivity index (χ1v) is 13.2. The number of phenolic OH excluding ortho intramolecular Hbond substituents is 2. The van der Waals surface area contributed by atoms with Gasteiger partial charge in [0.2, 0.25) is 11.6 Å². The van der Waals surface area contributed by atoms with Crippen molar-refractivity contribution in [3.8, 4) is 11.5 Å². The van der Waals surface area contributed by atoms with Crippen molar-refractivity contribution in [3.05, 3.63) is 46.5 Å². The smallest absolute Gasteiger partial charge is 0.430 e. The molecule has 2 amide bonds. The second-order valence-corrected chi connectivity index (χ2v) is 9.05. The summed E-state index contributed by atoms with van der Waals surface area (Å²) in [5, 5.41) is 49.5. The number of hydrogen-bond acceptors (Lipinski definition) is 12. The molecule has 48 heavy (non-hydrogen) atoms. The number of fused-ring (bicyclic) bond motifs is 2. The second kappa shape index (κ2) is 17.3. The Hall–Kier alpha value is -5.64. The molecule has 2 aromatic rings. The van der Waals surface area contributed by atoms with Gasteiger partial charge in [0, 0.05) is 37.6 Å². The lowest BCUT2D eigenvalue weighted by Crippen LogP contribution is -2.57. The summed E-state index contributed by atoms with van der Waals surface area (Å²) in [6.45, 7) is 1.25. The minimum Gasteiger partial charge on any atom is -0.542 e. The first kappa shape index (κ1) is 40.4. The molecule has 0 atom stereocenters. The van der Waals surface area contributed by atoms with Gasteiger partial charge in [-0.15, -0.1) is 0 Å². The summed E-state index contributed by atoms with van der Waals surface area (Å²) in [7, 11) is 0. The number of hydrogen-bond donors (Lipinski definition) is 8. The Labute approximate surface area is 265 Å². The van der Waals surface area contributed by atoms with E-state index in [1.54, 1.807) is 12.1 Å². The first-order valence-electron chi connectivity index (χ1n) is 13.2. The van der Waals surface area contributed by atoms with E-state index < -0.39 is 47.4 Å². The molecule has 264 valence electrons. The summed E-state index contributed by atoms with van der Waals surface area (Å²) in [5.74, 6) is -8.56. The zero-order valence-electron chi connectivity index (χ0n) is 24.4. The van der Waals surface area contributed by atoms with Gasteiger partial charge in [-0.25, -0.2) is 0 Å². The molecule has 3 rings (SSSR count). The van der Waals surface area contributed by atoms with E-state index in [1.807, 2.05) is 0 Å². The number of carboxylic acid groups (broad SMARTS) is 2. The van der Waals surface area contributed by atoms with E-state index in [0.717, 1.165) is 12.1 Å². The Morgan fingerprint density at radius 1 is 0.604 bits per heavy atom. The molecule has 0 radical (unpaired) electrons. The SMILES string of the molecule is O=C([O-])C(F)(F)F.O=C([O-])C(F)(F)F.[NH3+]CC(=O)NCCNc1ccc(NCCNC(=O)C[NH3+])c2c1C(=O)c1c(O)ccc(O)c1C2=O. The number of anilines is 2. The van der Waals surface area contributed by atoms with Crippen molar-refractivity contribution in [2.75, 3.05) is 49.9 Å². The van der Waals surface area contributed by atoms with Crippen LogP contribution in [0.15, 0.2) is 24.3 Å². The van der Waals surface area contributed by atoms with E-state index in [1.165, 1.54) is 0 Å². The predicted molar refractivity (Wildman–Crippen MR) is 144 cm³/mol. The summed E-state index contributed by atoms with van der Waals surface area (Å²) < 4.78 is 63.1. The highest BCUT2D eigenvalue weighted by atomic mass is 19.4. The lowest BCUT2D eigenvalue weighted by atomic mass is 9.81. The summed E-state index contributed by atoms with van der Waals surface area (Å²) >= 11 is 0. The van der Waals surface area contributed by atoms with Gasteiger partial charge in [-0.3, -0.25) is 19.2 Å². The number of nitrogens with one attached hydrogen (secondary N) is 4. The lowest BCUT2D eigenvalue weighted by Gasteiger charge is -2.25. The molecular formula is C26H28F6N6O10. The van der Waals surface area contributed by atoms with E-state index in [0.29, 0.717) is 11.4 Å². The van der Waals surface area contributed by atoms with Crippen LogP contribution in [0.5, 0.6) is 11.5 Å². The Kier molecular flexibility index (Phi) is 14.6. The van der Waals surface area contributed by atoms with Crippen molar-refractivity contribution in [2.24, 2.45) is 0 Å². The highest BCUT2D eigenvalue weighted by Gasteiger charge is 2.38. The van der Waals surface area contributed by atoms with Crippen LogP contribution < -0.4 is 42.9 Å². The van der Waals surface area contributed by atoms with Crippen molar-refractivity contribution < 1.29 is 87.0 Å². The average molecular weight is 699 g/mol. The number of amides is 2. The highest BCUT2D eigenvalue weighted by Crippen LogP contribution is 2.42. The zero-order valence-corrected chi connectivity index (χ0v) is 24.4. The first-order chi connectivity index (χ1) is 22.2.